The topological polar surface area (TPSA) is 37.8 Å². The molecule has 0 saturated carbocycles. The Kier molecular flexibility index (Phi) is 5.68. The molecule has 1 N–H and O–H groups in total. The lowest BCUT2D eigenvalue weighted by atomic mass is 10.3. The van der Waals surface area contributed by atoms with E-state index in [1.54, 1.807) is 17.8 Å². The highest BCUT2D eigenvalue weighted by molar-refractivity contribution is 7.99. The second kappa shape index (κ2) is 6.53. The van der Waals surface area contributed by atoms with Gasteiger partial charge in [0.05, 0.1) is 0 Å². The maximum Gasteiger partial charge on any atom is 0.133 e. The predicted molar refractivity (Wildman–Crippen MR) is 66.0 cm³/mol. The number of rotatable bonds is 3. The monoisotopic (exact) mass is 265 g/mol. The molecule has 3 nitrogen and oxygen atoms in total. The van der Waals surface area contributed by atoms with E-state index in [9.17, 15) is 0 Å². The van der Waals surface area contributed by atoms with Gasteiger partial charge in [-0.25, -0.2) is 9.97 Å². The number of aromatic nitrogens is 2. The SMILES string of the molecule is Cl.Clc1cc(SCC2CCCN2)ncn1. The second-order valence-electron chi connectivity index (χ2n) is 3.28. The molecule has 6 heteroatoms. The van der Waals surface area contributed by atoms with Crippen LogP contribution in [0.1, 0.15) is 12.8 Å². The first-order valence-electron chi connectivity index (χ1n) is 4.68. The minimum absolute atomic E-state index is 0. The fourth-order valence-corrected chi connectivity index (χ4v) is 2.67. The van der Waals surface area contributed by atoms with E-state index in [1.807, 2.05) is 0 Å². The summed E-state index contributed by atoms with van der Waals surface area (Å²) in [5.74, 6) is 1.06. The van der Waals surface area contributed by atoms with Gasteiger partial charge in [0.2, 0.25) is 0 Å². The second-order valence-corrected chi connectivity index (χ2v) is 4.71. The molecule has 1 saturated heterocycles. The summed E-state index contributed by atoms with van der Waals surface area (Å²) in [6, 6.07) is 2.44. The van der Waals surface area contributed by atoms with E-state index in [0.29, 0.717) is 11.2 Å². The zero-order valence-electron chi connectivity index (χ0n) is 8.15. The molecule has 2 heterocycles. The lowest BCUT2D eigenvalue weighted by Crippen LogP contribution is -2.23. The first-order valence-corrected chi connectivity index (χ1v) is 6.05. The summed E-state index contributed by atoms with van der Waals surface area (Å²) in [7, 11) is 0. The van der Waals surface area contributed by atoms with Gasteiger partial charge in [0.1, 0.15) is 16.5 Å². The van der Waals surface area contributed by atoms with Crippen LogP contribution in [0.4, 0.5) is 0 Å². The van der Waals surface area contributed by atoms with Crippen LogP contribution in [0.5, 0.6) is 0 Å². The van der Waals surface area contributed by atoms with Gasteiger partial charge >= 0.3 is 0 Å². The van der Waals surface area contributed by atoms with Crippen LogP contribution in [-0.2, 0) is 0 Å². The van der Waals surface area contributed by atoms with Crippen molar-refractivity contribution in [1.29, 1.82) is 0 Å². The van der Waals surface area contributed by atoms with Crippen molar-refractivity contribution in [1.82, 2.24) is 15.3 Å². The van der Waals surface area contributed by atoms with Crippen molar-refractivity contribution in [2.45, 2.75) is 23.9 Å². The molecule has 0 amide bonds. The number of nitrogens with one attached hydrogen (secondary N) is 1. The van der Waals surface area contributed by atoms with E-state index in [1.165, 1.54) is 19.2 Å². The molecule has 1 atom stereocenters. The molecule has 84 valence electrons. The molecule has 15 heavy (non-hydrogen) atoms. The standard InChI is InChI=1S/C9H12ClN3S.ClH/c10-8-4-9(13-6-12-8)14-5-7-2-1-3-11-7;/h4,6-7,11H,1-3,5H2;1H. The number of halogens is 2. The molecule has 0 aromatic carbocycles. The molecule has 1 fully saturated rings. The fourth-order valence-electron chi connectivity index (χ4n) is 1.48. The van der Waals surface area contributed by atoms with Gasteiger partial charge in [0.25, 0.3) is 0 Å². The van der Waals surface area contributed by atoms with Gasteiger partial charge in [0, 0.05) is 17.9 Å². The van der Waals surface area contributed by atoms with E-state index in [0.717, 1.165) is 17.3 Å². The Bertz CT molecular complexity index is 305. The first-order chi connectivity index (χ1) is 6.84. The van der Waals surface area contributed by atoms with Crippen LogP contribution in [0, 0.1) is 0 Å². The third-order valence-corrected chi connectivity index (χ3v) is 3.50. The highest BCUT2D eigenvalue weighted by atomic mass is 35.5. The Morgan fingerprint density at radius 2 is 2.40 bits per heavy atom. The van der Waals surface area contributed by atoms with Crippen LogP contribution in [0.15, 0.2) is 17.4 Å². The van der Waals surface area contributed by atoms with Crippen molar-refractivity contribution in [2.24, 2.45) is 0 Å². The highest BCUT2D eigenvalue weighted by Gasteiger charge is 2.14. The molecule has 1 aromatic rings. The Balaban J connectivity index is 0.00000112. The number of thioether (sulfide) groups is 1. The summed E-state index contributed by atoms with van der Waals surface area (Å²) < 4.78 is 0. The van der Waals surface area contributed by atoms with Crippen molar-refractivity contribution >= 4 is 35.8 Å². The van der Waals surface area contributed by atoms with Crippen LogP contribution in [0.25, 0.3) is 0 Å². The smallest absolute Gasteiger partial charge is 0.133 e. The van der Waals surface area contributed by atoms with Gasteiger partial charge in [-0.2, -0.15) is 0 Å². The molecule has 0 radical (unpaired) electrons. The lowest BCUT2D eigenvalue weighted by molar-refractivity contribution is 0.673. The van der Waals surface area contributed by atoms with Crippen LogP contribution >= 0.6 is 35.8 Å². The average molecular weight is 266 g/mol. The summed E-state index contributed by atoms with van der Waals surface area (Å²) in [5.41, 5.74) is 0. The average Bonchev–Trinajstić information content (AvgIpc) is 2.67. The molecular weight excluding hydrogens is 253 g/mol. The van der Waals surface area contributed by atoms with Crippen molar-refractivity contribution < 1.29 is 0 Å². The van der Waals surface area contributed by atoms with Crippen LogP contribution in [0.3, 0.4) is 0 Å². The minimum atomic E-state index is 0. The van der Waals surface area contributed by atoms with E-state index < -0.39 is 0 Å². The number of hydrogen-bond acceptors (Lipinski definition) is 4. The zero-order chi connectivity index (χ0) is 9.80. The Hall–Kier alpha value is -0.0300. The van der Waals surface area contributed by atoms with Gasteiger partial charge in [-0.1, -0.05) is 11.6 Å². The Labute approximate surface area is 105 Å². The Morgan fingerprint density at radius 3 is 3.07 bits per heavy atom. The third kappa shape index (κ3) is 4.15. The molecule has 1 aromatic heterocycles. The highest BCUT2D eigenvalue weighted by Crippen LogP contribution is 2.20. The largest absolute Gasteiger partial charge is 0.313 e. The fraction of sp³-hybridized carbons (Fsp3) is 0.556. The van der Waals surface area contributed by atoms with Gasteiger partial charge in [-0.15, -0.1) is 24.2 Å². The van der Waals surface area contributed by atoms with Crippen molar-refractivity contribution in [3.05, 3.63) is 17.5 Å². The molecular formula is C9H13Cl2N3S. The van der Waals surface area contributed by atoms with Gasteiger partial charge < -0.3 is 5.32 Å². The number of hydrogen-bond donors (Lipinski definition) is 1. The summed E-state index contributed by atoms with van der Waals surface area (Å²) in [4.78, 5) is 7.99. The maximum atomic E-state index is 5.76. The van der Waals surface area contributed by atoms with Crippen LogP contribution in [0.2, 0.25) is 5.15 Å². The normalized spacial score (nSPS) is 19.9. The predicted octanol–water partition coefficient (Wildman–Crippen LogP) is 2.40. The maximum absolute atomic E-state index is 5.76. The van der Waals surface area contributed by atoms with E-state index in [4.69, 9.17) is 11.6 Å². The van der Waals surface area contributed by atoms with Crippen molar-refractivity contribution in [3.8, 4) is 0 Å². The summed E-state index contributed by atoms with van der Waals surface area (Å²) in [6.45, 7) is 1.15. The van der Waals surface area contributed by atoms with Crippen molar-refractivity contribution in [3.63, 3.8) is 0 Å². The van der Waals surface area contributed by atoms with Crippen LogP contribution in [-0.4, -0.2) is 28.3 Å². The summed E-state index contributed by atoms with van der Waals surface area (Å²) >= 11 is 7.49. The van der Waals surface area contributed by atoms with E-state index in [-0.39, 0.29) is 12.4 Å². The molecule has 1 unspecified atom stereocenters. The van der Waals surface area contributed by atoms with Gasteiger partial charge in [0.15, 0.2) is 0 Å². The summed E-state index contributed by atoms with van der Waals surface area (Å²) in [6.07, 6.45) is 4.06. The van der Waals surface area contributed by atoms with Crippen molar-refractivity contribution in [2.75, 3.05) is 12.3 Å². The Morgan fingerprint density at radius 1 is 1.53 bits per heavy atom. The van der Waals surface area contributed by atoms with Gasteiger partial charge in [-0.05, 0) is 19.4 Å². The quantitative estimate of drug-likeness (QED) is 0.673. The van der Waals surface area contributed by atoms with E-state index >= 15 is 0 Å². The molecule has 1 aliphatic heterocycles. The van der Waals surface area contributed by atoms with E-state index in [2.05, 4.69) is 15.3 Å². The lowest BCUT2D eigenvalue weighted by Gasteiger charge is -2.08. The zero-order valence-corrected chi connectivity index (χ0v) is 10.5. The number of nitrogens with zero attached hydrogens (tertiary/aromatic N) is 2. The summed E-state index contributed by atoms with van der Waals surface area (Å²) in [5, 5.41) is 4.92. The third-order valence-electron chi connectivity index (χ3n) is 2.20. The molecule has 0 aliphatic carbocycles. The van der Waals surface area contributed by atoms with Crippen LogP contribution < -0.4 is 5.32 Å². The molecule has 0 spiro atoms. The molecule has 2 rings (SSSR count). The van der Waals surface area contributed by atoms with Gasteiger partial charge in [-0.3, -0.25) is 0 Å². The molecule has 1 aliphatic rings. The first kappa shape index (κ1) is 13.0. The minimum Gasteiger partial charge on any atom is -0.313 e. The molecule has 0 bridgehead atoms.